The van der Waals surface area contributed by atoms with Gasteiger partial charge in [-0.25, -0.2) is 8.78 Å². The number of hydrogen-bond acceptors (Lipinski definition) is 4. The monoisotopic (exact) mass is 372 g/mol. The van der Waals surface area contributed by atoms with Crippen LogP contribution in [0.4, 0.5) is 27.6 Å². The average molecular weight is 372 g/mol. The zero-order valence-corrected chi connectivity index (χ0v) is 12.7. The highest BCUT2D eigenvalue weighted by Crippen LogP contribution is 2.30. The quantitative estimate of drug-likeness (QED) is 0.715. The number of carbonyl (C=O) groups excluding carboxylic acids is 1. The molecule has 6 nitrogen and oxygen atoms in total. The standard InChI is InChI=1S/C15H9F5N4O2/c16-10-3-2-9(6-11(10)17)21-14(25)7-26-24-13-5-8(15(18,19)20)1-4-12(13)22-23-24/h1-6H,7H2,(H,21,25). The minimum absolute atomic E-state index is 0.0136. The van der Waals surface area contributed by atoms with Gasteiger partial charge in [-0.2, -0.15) is 13.2 Å². The lowest BCUT2D eigenvalue weighted by atomic mass is 10.2. The molecule has 0 aliphatic carbocycles. The molecule has 1 N–H and O–H groups in total. The normalized spacial score (nSPS) is 11.6. The Hall–Kier alpha value is -3.24. The molecule has 0 bridgehead atoms. The van der Waals surface area contributed by atoms with Crippen LogP contribution in [0.5, 0.6) is 0 Å². The first-order valence-corrected chi connectivity index (χ1v) is 7.05. The lowest BCUT2D eigenvalue weighted by Gasteiger charge is -2.09. The van der Waals surface area contributed by atoms with E-state index in [1.165, 1.54) is 0 Å². The molecule has 0 radical (unpaired) electrons. The van der Waals surface area contributed by atoms with Crippen molar-refractivity contribution in [1.29, 1.82) is 0 Å². The maximum atomic E-state index is 13.1. The third-order valence-corrected chi connectivity index (χ3v) is 3.26. The Balaban J connectivity index is 1.70. The number of hydrogen-bond donors (Lipinski definition) is 1. The second-order valence-electron chi connectivity index (χ2n) is 5.11. The summed E-state index contributed by atoms with van der Waals surface area (Å²) >= 11 is 0. The highest BCUT2D eigenvalue weighted by molar-refractivity contribution is 5.91. The molecular weight excluding hydrogens is 363 g/mol. The fraction of sp³-hybridized carbons (Fsp3) is 0.133. The van der Waals surface area contributed by atoms with Crippen LogP contribution >= 0.6 is 0 Å². The summed E-state index contributed by atoms with van der Waals surface area (Å²) in [5.74, 6) is -2.98. The summed E-state index contributed by atoms with van der Waals surface area (Å²) in [4.78, 5) is 17.5. The second-order valence-corrected chi connectivity index (χ2v) is 5.11. The Morgan fingerprint density at radius 1 is 1.12 bits per heavy atom. The number of rotatable bonds is 4. The van der Waals surface area contributed by atoms with Crippen LogP contribution in [0.2, 0.25) is 0 Å². The van der Waals surface area contributed by atoms with Crippen LogP contribution in [-0.2, 0) is 11.0 Å². The molecule has 11 heteroatoms. The van der Waals surface area contributed by atoms with Crippen LogP contribution < -0.4 is 10.2 Å². The number of nitrogens with zero attached hydrogens (tertiary/aromatic N) is 3. The summed E-state index contributed by atoms with van der Waals surface area (Å²) < 4.78 is 64.2. The van der Waals surface area contributed by atoms with Crippen LogP contribution in [0.25, 0.3) is 11.0 Å². The molecule has 1 heterocycles. The summed E-state index contributed by atoms with van der Waals surface area (Å²) in [5.41, 5.74) is -0.886. The second kappa shape index (κ2) is 6.58. The molecule has 0 unspecified atom stereocenters. The van der Waals surface area contributed by atoms with Gasteiger partial charge in [0.25, 0.3) is 5.91 Å². The molecule has 2 aromatic carbocycles. The van der Waals surface area contributed by atoms with Crippen LogP contribution in [0.3, 0.4) is 0 Å². The maximum Gasteiger partial charge on any atom is 0.416 e. The molecule has 3 rings (SSSR count). The predicted molar refractivity (Wildman–Crippen MR) is 79.0 cm³/mol. The molecule has 0 atom stereocenters. The van der Waals surface area contributed by atoms with Gasteiger partial charge in [-0.1, -0.05) is 4.85 Å². The highest BCUT2D eigenvalue weighted by Gasteiger charge is 2.31. The molecule has 0 fully saturated rings. The Bertz CT molecular complexity index is 970. The smallest absolute Gasteiger partial charge is 0.385 e. The van der Waals surface area contributed by atoms with Crippen molar-refractivity contribution in [3.8, 4) is 0 Å². The van der Waals surface area contributed by atoms with Crippen molar-refractivity contribution < 1.29 is 31.6 Å². The molecule has 1 aromatic heterocycles. The Kier molecular flexibility index (Phi) is 4.45. The molecule has 3 aromatic rings. The van der Waals surface area contributed by atoms with Gasteiger partial charge < -0.3 is 10.2 Å². The molecular formula is C15H9F5N4O2. The van der Waals surface area contributed by atoms with E-state index in [2.05, 4.69) is 15.6 Å². The van der Waals surface area contributed by atoms with Crippen molar-refractivity contribution in [1.82, 2.24) is 15.2 Å². The molecule has 1 amide bonds. The maximum absolute atomic E-state index is 13.1. The van der Waals surface area contributed by atoms with Gasteiger partial charge >= 0.3 is 6.18 Å². The topological polar surface area (TPSA) is 69.0 Å². The number of carbonyl (C=O) groups is 1. The fourth-order valence-corrected chi connectivity index (χ4v) is 2.06. The van der Waals surface area contributed by atoms with Crippen molar-refractivity contribution >= 4 is 22.6 Å². The SMILES string of the molecule is O=C(COn1nnc2ccc(C(F)(F)F)cc21)Nc1ccc(F)c(F)c1. The summed E-state index contributed by atoms with van der Waals surface area (Å²) in [7, 11) is 0. The average Bonchev–Trinajstić information content (AvgIpc) is 2.98. The van der Waals surface area contributed by atoms with E-state index in [4.69, 9.17) is 4.84 Å². The van der Waals surface area contributed by atoms with Gasteiger partial charge in [-0.05, 0) is 35.5 Å². The number of aromatic nitrogens is 3. The number of anilines is 1. The van der Waals surface area contributed by atoms with E-state index in [1.54, 1.807) is 0 Å². The zero-order chi connectivity index (χ0) is 18.9. The van der Waals surface area contributed by atoms with E-state index in [-0.39, 0.29) is 16.7 Å². The lowest BCUT2D eigenvalue weighted by Crippen LogP contribution is -2.26. The van der Waals surface area contributed by atoms with Crippen molar-refractivity contribution in [2.24, 2.45) is 0 Å². The molecule has 0 spiro atoms. The Morgan fingerprint density at radius 3 is 2.58 bits per heavy atom. The largest absolute Gasteiger partial charge is 0.416 e. The van der Waals surface area contributed by atoms with E-state index in [0.717, 1.165) is 36.4 Å². The van der Waals surface area contributed by atoms with Crippen LogP contribution in [0, 0.1) is 11.6 Å². The Morgan fingerprint density at radius 2 is 1.88 bits per heavy atom. The molecule has 0 aliphatic rings. The highest BCUT2D eigenvalue weighted by atomic mass is 19.4. The third-order valence-electron chi connectivity index (χ3n) is 3.26. The van der Waals surface area contributed by atoms with Crippen LogP contribution in [-0.4, -0.2) is 27.7 Å². The minimum atomic E-state index is -4.56. The summed E-state index contributed by atoms with van der Waals surface area (Å²) in [6.07, 6.45) is -4.56. The molecule has 26 heavy (non-hydrogen) atoms. The van der Waals surface area contributed by atoms with E-state index in [9.17, 15) is 26.7 Å². The Labute approximate surface area is 142 Å². The molecule has 0 aliphatic heterocycles. The van der Waals surface area contributed by atoms with E-state index >= 15 is 0 Å². The number of fused-ring (bicyclic) bond motifs is 1. The first-order chi connectivity index (χ1) is 12.2. The van der Waals surface area contributed by atoms with Crippen molar-refractivity contribution in [3.05, 3.63) is 53.6 Å². The van der Waals surface area contributed by atoms with Crippen molar-refractivity contribution in [3.63, 3.8) is 0 Å². The van der Waals surface area contributed by atoms with Gasteiger partial charge in [0.1, 0.15) is 11.0 Å². The molecule has 136 valence electrons. The third kappa shape index (κ3) is 3.71. The van der Waals surface area contributed by atoms with E-state index in [0.29, 0.717) is 4.85 Å². The summed E-state index contributed by atoms with van der Waals surface area (Å²) in [6, 6.07) is 5.48. The first-order valence-electron chi connectivity index (χ1n) is 7.05. The van der Waals surface area contributed by atoms with Gasteiger partial charge in [0.2, 0.25) is 0 Å². The van der Waals surface area contributed by atoms with Gasteiger partial charge in [-0.3, -0.25) is 4.79 Å². The molecule has 0 saturated carbocycles. The predicted octanol–water partition coefficient (Wildman–Crippen LogP) is 2.80. The fourth-order valence-electron chi connectivity index (χ4n) is 2.06. The van der Waals surface area contributed by atoms with Gasteiger partial charge in [0, 0.05) is 11.8 Å². The first kappa shape index (κ1) is 17.6. The number of nitrogens with one attached hydrogen (secondary N) is 1. The van der Waals surface area contributed by atoms with Crippen molar-refractivity contribution in [2.75, 3.05) is 11.9 Å². The zero-order valence-electron chi connectivity index (χ0n) is 12.7. The van der Waals surface area contributed by atoms with Gasteiger partial charge in [0.05, 0.1) is 5.56 Å². The van der Waals surface area contributed by atoms with Crippen molar-refractivity contribution in [2.45, 2.75) is 6.18 Å². The lowest BCUT2D eigenvalue weighted by molar-refractivity contribution is -0.137. The number of benzene rings is 2. The molecule has 0 saturated heterocycles. The van der Waals surface area contributed by atoms with Crippen LogP contribution in [0.1, 0.15) is 5.56 Å². The minimum Gasteiger partial charge on any atom is -0.385 e. The number of halogens is 5. The van der Waals surface area contributed by atoms with E-state index in [1.807, 2.05) is 0 Å². The summed E-state index contributed by atoms with van der Waals surface area (Å²) in [5, 5.41) is 9.38. The van der Waals surface area contributed by atoms with Gasteiger partial charge in [-0.15, -0.1) is 5.10 Å². The summed E-state index contributed by atoms with van der Waals surface area (Å²) in [6.45, 7) is -0.645. The number of amides is 1. The van der Waals surface area contributed by atoms with E-state index < -0.39 is 35.9 Å². The number of alkyl halides is 3. The van der Waals surface area contributed by atoms with Crippen LogP contribution in [0.15, 0.2) is 36.4 Å². The van der Waals surface area contributed by atoms with Gasteiger partial charge in [0.15, 0.2) is 18.2 Å².